The molecule has 3 heterocycles. The fourth-order valence-corrected chi connectivity index (χ4v) is 5.42. The molecule has 0 spiro atoms. The summed E-state index contributed by atoms with van der Waals surface area (Å²) in [5.74, 6) is 0.838. The predicted molar refractivity (Wildman–Crippen MR) is 128 cm³/mol. The molecule has 0 radical (unpaired) electrons. The lowest BCUT2D eigenvalue weighted by molar-refractivity contribution is -0.128. The van der Waals surface area contributed by atoms with Crippen LogP contribution in [0.4, 0.5) is 30.4 Å². The quantitative estimate of drug-likeness (QED) is 0.613. The summed E-state index contributed by atoms with van der Waals surface area (Å²) >= 11 is 0. The molecule has 1 aliphatic carbocycles. The van der Waals surface area contributed by atoms with Crippen molar-refractivity contribution in [3.63, 3.8) is 0 Å². The highest BCUT2D eigenvalue weighted by Gasteiger charge is 2.35. The number of ether oxygens (including phenoxy) is 1. The van der Waals surface area contributed by atoms with Crippen LogP contribution in [-0.4, -0.2) is 42.9 Å². The number of alkyl halides is 3. The zero-order valence-electron chi connectivity index (χ0n) is 19.6. The Labute approximate surface area is 203 Å². The molecule has 35 heavy (non-hydrogen) atoms. The summed E-state index contributed by atoms with van der Waals surface area (Å²) in [4.78, 5) is 20.2. The van der Waals surface area contributed by atoms with Crippen LogP contribution in [0.3, 0.4) is 0 Å². The summed E-state index contributed by atoms with van der Waals surface area (Å²) in [7, 11) is 0. The van der Waals surface area contributed by atoms with Gasteiger partial charge in [0.25, 0.3) is 0 Å². The van der Waals surface area contributed by atoms with Crippen molar-refractivity contribution >= 4 is 23.1 Å². The summed E-state index contributed by atoms with van der Waals surface area (Å²) in [6.45, 7) is 0.879. The van der Waals surface area contributed by atoms with Crippen molar-refractivity contribution in [2.75, 3.05) is 30.0 Å². The first-order valence-corrected chi connectivity index (χ1v) is 12.4. The van der Waals surface area contributed by atoms with E-state index in [0.717, 1.165) is 47.8 Å². The second kappa shape index (κ2) is 10.1. The van der Waals surface area contributed by atoms with Crippen LogP contribution in [0.2, 0.25) is 0 Å². The van der Waals surface area contributed by atoms with Gasteiger partial charge >= 0.3 is 6.18 Å². The minimum absolute atomic E-state index is 0.0241. The van der Waals surface area contributed by atoms with Crippen LogP contribution in [-0.2, 0) is 16.1 Å². The number of pyridine rings is 1. The molecule has 1 saturated carbocycles. The van der Waals surface area contributed by atoms with E-state index in [-0.39, 0.29) is 17.9 Å². The average molecular weight is 489 g/mol. The number of nitrogens with one attached hydrogen (secondary N) is 2. The number of anilines is 3. The molecule has 188 valence electrons. The lowest BCUT2D eigenvalue weighted by atomic mass is 9.84. The van der Waals surface area contributed by atoms with Crippen LogP contribution >= 0.6 is 0 Å². The number of nitrogens with zero attached hydrogens (tertiary/aromatic N) is 2. The number of carbonyl (C=O) groups excluding carboxylic acids is 1. The van der Waals surface area contributed by atoms with Gasteiger partial charge in [-0.25, -0.2) is 4.98 Å². The van der Waals surface area contributed by atoms with Crippen LogP contribution in [0.15, 0.2) is 36.5 Å². The Morgan fingerprint density at radius 3 is 2.74 bits per heavy atom. The third-order valence-electron chi connectivity index (χ3n) is 7.35. The number of fused-ring (bicyclic) bond motifs is 2. The van der Waals surface area contributed by atoms with E-state index in [1.807, 2.05) is 23.1 Å². The van der Waals surface area contributed by atoms with Gasteiger partial charge in [-0.15, -0.1) is 0 Å². The number of amides is 1. The number of aromatic nitrogens is 1. The van der Waals surface area contributed by atoms with Crippen LogP contribution in [0, 0.1) is 5.92 Å². The number of carbonyl (C=O) groups is 1. The third kappa shape index (κ3) is 5.62. The highest BCUT2D eigenvalue weighted by atomic mass is 19.4. The van der Waals surface area contributed by atoms with Crippen LogP contribution in [0.25, 0.3) is 0 Å². The number of hydrogen-bond acceptors (Lipinski definition) is 5. The minimum atomic E-state index is -4.22. The monoisotopic (exact) mass is 488 g/mol. The summed E-state index contributed by atoms with van der Waals surface area (Å²) < 4.78 is 43.4. The molecule has 1 saturated heterocycles. The molecule has 1 aromatic carbocycles. The molecule has 5 rings (SSSR count). The first kappa shape index (κ1) is 24.1. The summed E-state index contributed by atoms with van der Waals surface area (Å²) in [5.41, 5.74) is 3.74. The Kier molecular flexibility index (Phi) is 6.98. The standard InChI is InChI=1S/C26H31F3N4O2/c27-26(28,29)16-31-21-8-5-17(6-9-21)25(34)33-14-19-3-1-11-30-24(19)32-22-10-7-18(13-23(22)33)20-4-2-12-35-15-20/h1,3,7,10-11,13,17,20-21,31H,2,4-6,8-9,12,14-16H2,(H,30,32)/t17?,20-,21?/m0/s1. The smallest absolute Gasteiger partial charge is 0.381 e. The van der Waals surface area contributed by atoms with Crippen molar-refractivity contribution < 1.29 is 22.7 Å². The first-order chi connectivity index (χ1) is 16.9. The Balaban J connectivity index is 1.38. The number of halogens is 3. The largest absolute Gasteiger partial charge is 0.401 e. The van der Waals surface area contributed by atoms with Crippen molar-refractivity contribution in [3.05, 3.63) is 47.7 Å². The summed E-state index contributed by atoms with van der Waals surface area (Å²) in [6.07, 6.45) is 1.84. The van der Waals surface area contributed by atoms with E-state index in [1.165, 1.54) is 0 Å². The van der Waals surface area contributed by atoms with Gasteiger partial charge in [0, 0.05) is 36.2 Å². The van der Waals surface area contributed by atoms with Gasteiger partial charge in [-0.3, -0.25) is 4.79 Å². The van der Waals surface area contributed by atoms with Crippen molar-refractivity contribution in [1.29, 1.82) is 0 Å². The molecule has 6 nitrogen and oxygen atoms in total. The van der Waals surface area contributed by atoms with Gasteiger partial charge in [-0.1, -0.05) is 12.1 Å². The molecular weight excluding hydrogens is 457 g/mol. The molecule has 2 aliphatic heterocycles. The number of hydrogen-bond donors (Lipinski definition) is 2. The Morgan fingerprint density at radius 1 is 1.17 bits per heavy atom. The molecule has 2 aromatic rings. The van der Waals surface area contributed by atoms with Crippen LogP contribution < -0.4 is 15.5 Å². The van der Waals surface area contributed by atoms with Gasteiger partial charge in [0.15, 0.2) is 0 Å². The topological polar surface area (TPSA) is 66.5 Å². The first-order valence-electron chi connectivity index (χ1n) is 12.4. The summed E-state index contributed by atoms with van der Waals surface area (Å²) in [6, 6.07) is 9.83. The zero-order valence-corrected chi connectivity index (χ0v) is 19.6. The van der Waals surface area contributed by atoms with Crippen molar-refractivity contribution in [2.45, 2.75) is 63.2 Å². The fourth-order valence-electron chi connectivity index (χ4n) is 5.42. The van der Waals surface area contributed by atoms with E-state index in [0.29, 0.717) is 44.8 Å². The second-order valence-corrected chi connectivity index (χ2v) is 9.80. The summed E-state index contributed by atoms with van der Waals surface area (Å²) in [5, 5.41) is 6.01. The van der Waals surface area contributed by atoms with Gasteiger partial charge in [0.1, 0.15) is 5.82 Å². The molecule has 3 aliphatic rings. The molecule has 2 N–H and O–H groups in total. The molecule has 0 unspecified atom stereocenters. The molecule has 1 atom stereocenters. The molecule has 1 aromatic heterocycles. The van der Waals surface area contributed by atoms with E-state index in [1.54, 1.807) is 6.20 Å². The normalized spacial score (nSPS) is 24.7. The van der Waals surface area contributed by atoms with Gasteiger partial charge in [0.05, 0.1) is 31.1 Å². The van der Waals surface area contributed by atoms with E-state index >= 15 is 0 Å². The molecular formula is C26H31F3N4O2. The van der Waals surface area contributed by atoms with Crippen LogP contribution in [0.1, 0.15) is 55.6 Å². The van der Waals surface area contributed by atoms with E-state index < -0.39 is 12.7 Å². The maximum Gasteiger partial charge on any atom is 0.401 e. The van der Waals surface area contributed by atoms with Crippen molar-refractivity contribution in [3.8, 4) is 0 Å². The molecule has 9 heteroatoms. The van der Waals surface area contributed by atoms with E-state index in [4.69, 9.17) is 4.74 Å². The zero-order chi connectivity index (χ0) is 24.4. The Hall–Kier alpha value is -2.65. The van der Waals surface area contributed by atoms with Gasteiger partial charge in [-0.2, -0.15) is 13.2 Å². The van der Waals surface area contributed by atoms with E-state index in [9.17, 15) is 18.0 Å². The minimum Gasteiger partial charge on any atom is -0.381 e. The third-order valence-corrected chi connectivity index (χ3v) is 7.35. The molecule has 0 bridgehead atoms. The SMILES string of the molecule is O=C(C1CCC(NCC(F)(F)F)CC1)N1Cc2cccnc2Nc2ccc([C@H]3CCCOC3)cc21. The predicted octanol–water partition coefficient (Wildman–Crippen LogP) is 5.28. The maximum atomic E-state index is 13.8. The second-order valence-electron chi connectivity index (χ2n) is 9.80. The van der Waals surface area contributed by atoms with Gasteiger partial charge in [0.2, 0.25) is 5.91 Å². The average Bonchev–Trinajstić information content (AvgIpc) is 3.04. The maximum absolute atomic E-state index is 13.8. The van der Waals surface area contributed by atoms with Gasteiger partial charge < -0.3 is 20.3 Å². The highest BCUT2D eigenvalue weighted by Crippen LogP contribution is 2.40. The fraction of sp³-hybridized carbons (Fsp3) is 0.538. The van der Waals surface area contributed by atoms with Gasteiger partial charge in [-0.05, 0) is 62.3 Å². The van der Waals surface area contributed by atoms with E-state index in [2.05, 4.69) is 27.8 Å². The Morgan fingerprint density at radius 2 is 2.00 bits per heavy atom. The number of benzene rings is 1. The lowest BCUT2D eigenvalue weighted by Crippen LogP contribution is -2.42. The highest BCUT2D eigenvalue weighted by molar-refractivity contribution is 5.99. The molecule has 1 amide bonds. The van der Waals surface area contributed by atoms with Crippen molar-refractivity contribution in [1.82, 2.24) is 10.3 Å². The Bertz CT molecular complexity index is 1050. The number of rotatable bonds is 4. The lowest BCUT2D eigenvalue weighted by Gasteiger charge is -2.33. The molecule has 2 fully saturated rings. The van der Waals surface area contributed by atoms with Crippen LogP contribution in [0.5, 0.6) is 0 Å². The van der Waals surface area contributed by atoms with Crippen molar-refractivity contribution in [2.24, 2.45) is 5.92 Å².